The Morgan fingerprint density at radius 3 is 1.22 bits per heavy atom. The lowest BCUT2D eigenvalue weighted by Crippen LogP contribution is -2.27. The summed E-state index contributed by atoms with van der Waals surface area (Å²) < 4.78 is 0. The van der Waals surface area contributed by atoms with Gasteiger partial charge in [0.2, 0.25) is 0 Å². The van der Waals surface area contributed by atoms with Crippen molar-refractivity contribution < 1.29 is 0 Å². The molecule has 0 bridgehead atoms. The van der Waals surface area contributed by atoms with Crippen LogP contribution in [-0.4, -0.2) is 7.05 Å². The highest BCUT2D eigenvalue weighted by Gasteiger charge is 2.52. The number of benzene rings is 10. The van der Waals surface area contributed by atoms with Crippen LogP contribution in [0.4, 0.5) is 28.4 Å². The fraction of sp³-hybridized carbons (Fsp3) is 0.286. The van der Waals surface area contributed by atoms with Crippen LogP contribution in [0.3, 0.4) is 0 Å². The van der Waals surface area contributed by atoms with Crippen LogP contribution >= 0.6 is 0 Å². The van der Waals surface area contributed by atoms with Gasteiger partial charge in [-0.1, -0.05) is 242 Å². The molecule has 0 amide bonds. The molecule has 0 N–H and O–H groups in total. The Morgan fingerprint density at radius 2 is 0.709 bits per heavy atom. The Morgan fingerprint density at radius 1 is 0.314 bits per heavy atom. The molecule has 0 atom stereocenters. The summed E-state index contributed by atoms with van der Waals surface area (Å²) in [6.07, 6.45) is 22.8. The van der Waals surface area contributed by atoms with Crippen molar-refractivity contribution in [2.45, 2.75) is 147 Å². The van der Waals surface area contributed by atoms with Crippen molar-refractivity contribution in [3.05, 3.63) is 267 Å². The molecule has 2 heteroatoms. The predicted octanol–water partition coefficient (Wildman–Crippen LogP) is 22.9. The molecule has 428 valence electrons. The Bertz CT molecular complexity index is 4130. The first-order valence-corrected chi connectivity index (χ1v) is 33.1. The lowest BCUT2D eigenvalue weighted by atomic mass is 9.70. The van der Waals surface area contributed by atoms with Crippen LogP contribution in [0, 0.1) is 6.92 Å². The number of unbranched alkanes of at least 4 members (excludes halogenated alkanes) is 10. The fourth-order valence-corrected chi connectivity index (χ4v) is 16.3. The third-order valence-electron chi connectivity index (χ3n) is 21.2. The second-order valence-electron chi connectivity index (χ2n) is 26.2. The van der Waals surface area contributed by atoms with E-state index in [4.69, 9.17) is 0 Å². The molecule has 86 heavy (non-hydrogen) atoms. The molecule has 0 heterocycles. The maximum absolute atomic E-state index is 2.67. The van der Waals surface area contributed by atoms with E-state index in [9.17, 15) is 0 Å². The quantitative estimate of drug-likeness (QED) is 0.0662. The first-order valence-electron chi connectivity index (χ1n) is 33.1. The molecule has 1 spiro atoms. The summed E-state index contributed by atoms with van der Waals surface area (Å²) in [4.78, 5) is 5.00. The normalized spacial score (nSPS) is 14.5. The molecule has 0 saturated heterocycles. The molecule has 0 unspecified atom stereocenters. The van der Waals surface area contributed by atoms with Crippen molar-refractivity contribution in [2.24, 2.45) is 0 Å². The standard InChI is InChI=1S/C84H82N2/c1-5-7-9-11-13-19-49-83(50-20-14-12-10-8-6-2)79-51-57(3)25-45-73(79)74-47-43-69(55-80(74)83)86(67-40-36-61(37-41-67)65-33-29-59-27-31-63(59)53-65)70-44-48-76-75-46-42-68(85(4)66-38-34-60(35-39-66)64-32-28-58-26-30-62(58)52-64)54-81(75)84(82(76)56-70)77-23-17-15-21-71(77)72-22-16-18-24-78(72)84/h15-18,21-25,28-29,32-48,51-56H,5-14,19-20,26-27,30-31,49-50H2,1-4H3. The van der Waals surface area contributed by atoms with Crippen LogP contribution in [0.1, 0.15) is 165 Å². The van der Waals surface area contributed by atoms with Gasteiger partial charge in [0.25, 0.3) is 0 Å². The number of rotatable bonds is 21. The summed E-state index contributed by atoms with van der Waals surface area (Å²) in [6.45, 7) is 6.99. The molecule has 0 fully saturated rings. The zero-order chi connectivity index (χ0) is 57.9. The zero-order valence-electron chi connectivity index (χ0n) is 51.3. The third kappa shape index (κ3) is 9.11. The molecule has 0 radical (unpaired) electrons. The van der Waals surface area contributed by atoms with Crippen molar-refractivity contribution in [2.75, 3.05) is 16.8 Å². The lowest BCUT2D eigenvalue weighted by Gasteiger charge is -2.35. The van der Waals surface area contributed by atoms with Crippen LogP contribution in [0.25, 0.3) is 55.6 Å². The Hall–Kier alpha value is -8.20. The number of aryl methyl sites for hydroxylation is 5. The third-order valence-corrected chi connectivity index (χ3v) is 21.2. The summed E-state index contributed by atoms with van der Waals surface area (Å²) in [7, 11) is 2.24. The Kier molecular flexibility index (Phi) is 14.3. The van der Waals surface area contributed by atoms with Crippen LogP contribution in [0.5, 0.6) is 0 Å². The van der Waals surface area contributed by atoms with Gasteiger partial charge in [-0.15, -0.1) is 0 Å². The van der Waals surface area contributed by atoms with E-state index in [0.717, 1.165) is 0 Å². The van der Waals surface area contributed by atoms with Crippen LogP contribution in [0.15, 0.2) is 206 Å². The maximum Gasteiger partial charge on any atom is 0.0727 e. The highest BCUT2D eigenvalue weighted by molar-refractivity contribution is 5.98. The summed E-state index contributed by atoms with van der Waals surface area (Å²) >= 11 is 0. The molecular weight excluding hydrogens is 1040 g/mol. The van der Waals surface area contributed by atoms with Gasteiger partial charge in [-0.3, -0.25) is 0 Å². The van der Waals surface area contributed by atoms with Crippen molar-refractivity contribution in [1.82, 2.24) is 0 Å². The maximum atomic E-state index is 2.67. The largest absolute Gasteiger partial charge is 0.345 e. The van der Waals surface area contributed by atoms with Gasteiger partial charge >= 0.3 is 0 Å². The number of anilines is 5. The van der Waals surface area contributed by atoms with Gasteiger partial charge in [0.05, 0.1) is 5.41 Å². The second-order valence-corrected chi connectivity index (χ2v) is 26.2. The molecular formula is C84H82N2. The van der Waals surface area contributed by atoms with Gasteiger partial charge in [0.1, 0.15) is 0 Å². The highest BCUT2D eigenvalue weighted by Crippen LogP contribution is 2.64. The van der Waals surface area contributed by atoms with Crippen molar-refractivity contribution in [1.29, 1.82) is 0 Å². The summed E-state index contributed by atoms with van der Waals surface area (Å²) in [6, 6.07) is 81.3. The minimum atomic E-state index is -0.547. The summed E-state index contributed by atoms with van der Waals surface area (Å²) in [5.74, 6) is 0. The number of fused-ring (bicyclic) bond motifs is 15. The van der Waals surface area contributed by atoms with E-state index >= 15 is 0 Å². The van der Waals surface area contributed by atoms with E-state index < -0.39 is 5.41 Å². The molecule has 10 aromatic carbocycles. The molecule has 10 aromatic rings. The Balaban J connectivity index is 0.879. The first-order chi connectivity index (χ1) is 42.3. The van der Waals surface area contributed by atoms with Crippen LogP contribution < -0.4 is 9.80 Å². The van der Waals surface area contributed by atoms with E-state index in [2.05, 4.69) is 244 Å². The van der Waals surface area contributed by atoms with Crippen LogP contribution in [-0.2, 0) is 36.5 Å². The summed E-state index contributed by atoms with van der Waals surface area (Å²) in [5.41, 5.74) is 34.5. The molecule has 0 aliphatic heterocycles. The van der Waals surface area contributed by atoms with Gasteiger partial charge in [0, 0.05) is 40.9 Å². The molecule has 2 nitrogen and oxygen atoms in total. The smallest absolute Gasteiger partial charge is 0.0727 e. The van der Waals surface area contributed by atoms with Gasteiger partial charge in [-0.25, -0.2) is 0 Å². The zero-order valence-corrected chi connectivity index (χ0v) is 51.3. The topological polar surface area (TPSA) is 6.48 Å². The predicted molar refractivity (Wildman–Crippen MR) is 365 cm³/mol. The van der Waals surface area contributed by atoms with Crippen molar-refractivity contribution in [3.63, 3.8) is 0 Å². The number of nitrogens with zero attached hydrogens (tertiary/aromatic N) is 2. The molecule has 5 aliphatic rings. The fourth-order valence-electron chi connectivity index (χ4n) is 16.3. The van der Waals surface area contributed by atoms with E-state index in [1.165, 1.54) is 255 Å². The molecule has 0 saturated carbocycles. The summed E-state index contributed by atoms with van der Waals surface area (Å²) in [5, 5.41) is 0. The average Bonchev–Trinajstić information content (AvgIpc) is 1.53. The Labute approximate surface area is 512 Å². The SMILES string of the molecule is CCCCCCCCC1(CCCCCCCC)c2cc(C)ccc2-c2ccc(N(c3ccc(-c4ccc5c(c4)CC5)cc3)c3ccc4c(c3)C3(c5ccccc5-c5ccccc53)c3cc(N(C)c5ccc(-c6ccc7c(c6)CC7)cc5)ccc3-4)cc21. The van der Waals surface area contributed by atoms with E-state index in [-0.39, 0.29) is 5.41 Å². The second kappa shape index (κ2) is 22.6. The average molecular weight is 1120 g/mol. The minimum absolute atomic E-state index is 0.0528. The van der Waals surface area contributed by atoms with E-state index in [0.29, 0.717) is 0 Å². The number of hydrogen-bond donors (Lipinski definition) is 0. The molecule has 0 aromatic heterocycles. The van der Waals surface area contributed by atoms with Crippen LogP contribution in [0.2, 0.25) is 0 Å². The van der Waals surface area contributed by atoms with Gasteiger partial charge in [-0.05, 0) is 217 Å². The number of hydrogen-bond acceptors (Lipinski definition) is 2. The van der Waals surface area contributed by atoms with Crippen molar-refractivity contribution >= 4 is 28.4 Å². The minimum Gasteiger partial charge on any atom is -0.345 e. The highest BCUT2D eigenvalue weighted by atomic mass is 15.1. The van der Waals surface area contributed by atoms with Gasteiger partial charge in [-0.2, -0.15) is 0 Å². The van der Waals surface area contributed by atoms with Gasteiger partial charge in [0.15, 0.2) is 0 Å². The van der Waals surface area contributed by atoms with E-state index in [1.54, 1.807) is 5.56 Å². The van der Waals surface area contributed by atoms with E-state index in [1.807, 2.05) is 0 Å². The molecule has 15 rings (SSSR count). The van der Waals surface area contributed by atoms with Gasteiger partial charge < -0.3 is 9.80 Å². The monoisotopic (exact) mass is 1120 g/mol. The van der Waals surface area contributed by atoms with Crippen molar-refractivity contribution in [3.8, 4) is 55.6 Å². The molecule has 5 aliphatic carbocycles. The first kappa shape index (κ1) is 54.5. The lowest BCUT2D eigenvalue weighted by molar-refractivity contribution is 0.398.